The number of nitrogens with two attached hydrogens (primary N) is 1. The fourth-order valence-electron chi connectivity index (χ4n) is 3.74. The number of carbonyl (C=O) groups is 1. The zero-order valence-corrected chi connectivity index (χ0v) is 16.3. The van der Waals surface area contributed by atoms with E-state index < -0.39 is 0 Å². The van der Waals surface area contributed by atoms with Crippen LogP contribution in [0.1, 0.15) is 30.1 Å². The normalized spacial score (nSPS) is 20.2. The largest absolute Gasteiger partial charge is 0.384 e. The number of hydrogen-bond donors (Lipinski definition) is 1. The molecule has 2 aliphatic rings. The summed E-state index contributed by atoms with van der Waals surface area (Å²) in [6.07, 6.45) is 2.09. The molecule has 0 fully saturated rings. The second-order valence-corrected chi connectivity index (χ2v) is 8.21. The maximum Gasteiger partial charge on any atom is 0.161 e. The van der Waals surface area contributed by atoms with Gasteiger partial charge in [-0.25, -0.2) is 0 Å². The lowest BCUT2D eigenvalue weighted by atomic mass is 9.78. The first-order chi connectivity index (χ1) is 12.6. The van der Waals surface area contributed by atoms with E-state index in [0.29, 0.717) is 17.8 Å². The monoisotopic (exact) mass is 425 g/mol. The Bertz CT molecular complexity index is 985. The molecule has 1 aliphatic carbocycles. The van der Waals surface area contributed by atoms with Crippen molar-refractivity contribution in [2.75, 3.05) is 4.90 Å². The number of benzene rings is 1. The third-order valence-electron chi connectivity index (χ3n) is 4.81. The number of hydrogen-bond acceptors (Lipinski definition) is 5. The van der Waals surface area contributed by atoms with E-state index in [1.807, 2.05) is 46.7 Å². The van der Waals surface area contributed by atoms with Gasteiger partial charge < -0.3 is 5.73 Å². The molecule has 130 valence electrons. The third kappa shape index (κ3) is 2.68. The Balaban J connectivity index is 1.98. The van der Waals surface area contributed by atoms with Gasteiger partial charge in [-0.2, -0.15) is 5.26 Å². The highest BCUT2D eigenvalue weighted by molar-refractivity contribution is 9.10. The molecule has 4 nitrogen and oxygen atoms in total. The Morgan fingerprint density at radius 1 is 1.27 bits per heavy atom. The number of thiophene rings is 1. The molecule has 0 amide bonds. The van der Waals surface area contributed by atoms with Crippen molar-refractivity contribution in [1.82, 2.24) is 0 Å². The highest BCUT2D eigenvalue weighted by atomic mass is 79.9. The number of carbonyl (C=O) groups excluding carboxylic acids is 1. The summed E-state index contributed by atoms with van der Waals surface area (Å²) < 4.78 is 0.922. The molecule has 6 heteroatoms. The van der Waals surface area contributed by atoms with Gasteiger partial charge in [0.05, 0.1) is 17.6 Å². The van der Waals surface area contributed by atoms with Gasteiger partial charge in [-0.05, 0) is 42.5 Å². The molecule has 2 aromatic rings. The summed E-state index contributed by atoms with van der Waals surface area (Å²) in [6.45, 7) is 0. The fourth-order valence-corrected chi connectivity index (χ4v) is 4.97. The van der Waals surface area contributed by atoms with Crippen molar-refractivity contribution in [1.29, 1.82) is 5.26 Å². The third-order valence-corrected chi connectivity index (χ3v) is 6.24. The summed E-state index contributed by atoms with van der Waals surface area (Å²) in [5.41, 5.74) is 9.45. The van der Waals surface area contributed by atoms with Crippen LogP contribution in [-0.2, 0) is 4.79 Å². The minimum atomic E-state index is -0.355. The smallest absolute Gasteiger partial charge is 0.161 e. The molecule has 0 radical (unpaired) electrons. The molecule has 0 saturated heterocycles. The van der Waals surface area contributed by atoms with Crippen molar-refractivity contribution in [3.63, 3.8) is 0 Å². The van der Waals surface area contributed by atoms with Crippen LogP contribution >= 0.6 is 27.3 Å². The molecule has 0 unspecified atom stereocenters. The number of halogens is 1. The van der Waals surface area contributed by atoms with E-state index in [0.717, 1.165) is 39.1 Å². The minimum absolute atomic E-state index is 0.116. The summed E-state index contributed by atoms with van der Waals surface area (Å²) in [5, 5.41) is 11.8. The lowest BCUT2D eigenvalue weighted by Crippen LogP contribution is -2.38. The summed E-state index contributed by atoms with van der Waals surface area (Å²) >= 11 is 5.05. The van der Waals surface area contributed by atoms with E-state index in [2.05, 4.69) is 22.0 Å². The highest BCUT2D eigenvalue weighted by Gasteiger charge is 2.40. The van der Waals surface area contributed by atoms with Crippen molar-refractivity contribution >= 4 is 38.7 Å². The molecule has 1 atom stereocenters. The van der Waals surface area contributed by atoms with Gasteiger partial charge in [-0.15, -0.1) is 11.3 Å². The van der Waals surface area contributed by atoms with Crippen molar-refractivity contribution in [2.24, 2.45) is 5.73 Å². The zero-order valence-electron chi connectivity index (χ0n) is 13.9. The lowest BCUT2D eigenvalue weighted by Gasteiger charge is -2.39. The van der Waals surface area contributed by atoms with Crippen molar-refractivity contribution < 1.29 is 4.79 Å². The van der Waals surface area contributed by atoms with E-state index in [1.165, 1.54) is 0 Å². The minimum Gasteiger partial charge on any atom is -0.384 e. The summed E-state index contributed by atoms with van der Waals surface area (Å²) in [4.78, 5) is 15.8. The lowest BCUT2D eigenvalue weighted by molar-refractivity contribution is -0.116. The van der Waals surface area contributed by atoms with E-state index in [9.17, 15) is 10.1 Å². The average Bonchev–Trinajstić information content (AvgIpc) is 3.15. The molecule has 0 spiro atoms. The Kier molecular flexibility index (Phi) is 4.43. The molecule has 26 heavy (non-hydrogen) atoms. The first-order valence-electron chi connectivity index (χ1n) is 8.37. The van der Waals surface area contributed by atoms with Gasteiger partial charge in [0, 0.05) is 32.7 Å². The number of anilines is 1. The quantitative estimate of drug-likeness (QED) is 0.748. The van der Waals surface area contributed by atoms with Crippen molar-refractivity contribution in [3.05, 3.63) is 73.8 Å². The summed E-state index contributed by atoms with van der Waals surface area (Å²) in [7, 11) is 0. The van der Waals surface area contributed by atoms with E-state index >= 15 is 0 Å². The van der Waals surface area contributed by atoms with Gasteiger partial charge in [0.1, 0.15) is 5.82 Å². The molecule has 1 aromatic carbocycles. The Morgan fingerprint density at radius 3 is 2.81 bits per heavy atom. The number of rotatable bonds is 2. The van der Waals surface area contributed by atoms with Crippen LogP contribution in [0.25, 0.3) is 0 Å². The van der Waals surface area contributed by atoms with Crippen LogP contribution in [0.2, 0.25) is 0 Å². The van der Waals surface area contributed by atoms with Crippen LogP contribution in [0.5, 0.6) is 0 Å². The number of ketones is 1. The van der Waals surface area contributed by atoms with Gasteiger partial charge in [0.2, 0.25) is 0 Å². The SMILES string of the molecule is N#CC1=C(N)N(c2cccc(Br)c2)C2=C(C(=O)CCC2)[C@H]1c1cccs1. The number of Topliss-reactive ketones (excluding diaryl/α,β-unsaturated/α-hetero) is 1. The first-order valence-corrected chi connectivity index (χ1v) is 10.0. The fraction of sp³-hybridized carbons (Fsp3) is 0.200. The molecule has 2 N–H and O–H groups in total. The molecular formula is C20H16BrN3OS. The predicted molar refractivity (Wildman–Crippen MR) is 106 cm³/mol. The average molecular weight is 426 g/mol. The number of nitriles is 1. The highest BCUT2D eigenvalue weighted by Crippen LogP contribution is 2.47. The van der Waals surface area contributed by atoms with Crippen LogP contribution < -0.4 is 10.6 Å². The molecule has 0 bridgehead atoms. The summed E-state index contributed by atoms with van der Waals surface area (Å²) in [6, 6.07) is 14.0. The van der Waals surface area contributed by atoms with Gasteiger partial charge in [0.25, 0.3) is 0 Å². The topological polar surface area (TPSA) is 70.1 Å². The molecule has 4 rings (SSSR count). The molecular weight excluding hydrogens is 410 g/mol. The van der Waals surface area contributed by atoms with Gasteiger partial charge in [-0.1, -0.05) is 28.1 Å². The Hall–Kier alpha value is -2.36. The number of allylic oxidation sites excluding steroid dienone is 3. The van der Waals surface area contributed by atoms with Gasteiger partial charge in [-0.3, -0.25) is 9.69 Å². The van der Waals surface area contributed by atoms with Crippen molar-refractivity contribution in [2.45, 2.75) is 25.2 Å². The van der Waals surface area contributed by atoms with Crippen LogP contribution in [0.4, 0.5) is 5.69 Å². The van der Waals surface area contributed by atoms with Crippen LogP contribution in [0, 0.1) is 11.3 Å². The molecule has 2 heterocycles. The predicted octanol–water partition coefficient (Wildman–Crippen LogP) is 4.82. The number of nitrogens with zero attached hydrogens (tertiary/aromatic N) is 2. The summed E-state index contributed by atoms with van der Waals surface area (Å²) in [5.74, 6) is 0.175. The molecule has 0 saturated carbocycles. The molecule has 1 aliphatic heterocycles. The van der Waals surface area contributed by atoms with E-state index in [1.54, 1.807) is 11.3 Å². The van der Waals surface area contributed by atoms with Crippen LogP contribution in [-0.4, -0.2) is 5.78 Å². The van der Waals surface area contributed by atoms with Crippen LogP contribution in [0.15, 0.2) is 68.9 Å². The zero-order chi connectivity index (χ0) is 18.3. The second kappa shape index (κ2) is 6.75. The van der Waals surface area contributed by atoms with Gasteiger partial charge >= 0.3 is 0 Å². The van der Waals surface area contributed by atoms with E-state index in [4.69, 9.17) is 5.73 Å². The standard InChI is InChI=1S/C20H16BrN3OS/c21-12-4-1-5-13(10-12)24-15-6-2-7-16(25)19(15)18(14(11-22)20(24)23)17-8-3-9-26-17/h1,3-5,8-10,18H,2,6-7,23H2/t18-/m1/s1. The Morgan fingerprint density at radius 2 is 2.12 bits per heavy atom. The maximum atomic E-state index is 12.9. The Labute approximate surface area is 164 Å². The maximum absolute atomic E-state index is 12.9. The second-order valence-electron chi connectivity index (χ2n) is 6.31. The first kappa shape index (κ1) is 17.1. The van der Waals surface area contributed by atoms with E-state index in [-0.39, 0.29) is 11.7 Å². The van der Waals surface area contributed by atoms with Gasteiger partial charge in [0.15, 0.2) is 5.78 Å². The molecule has 1 aromatic heterocycles. The van der Waals surface area contributed by atoms with Crippen LogP contribution in [0.3, 0.4) is 0 Å². The van der Waals surface area contributed by atoms with Crippen molar-refractivity contribution in [3.8, 4) is 6.07 Å².